The number of halogens is 2. The summed E-state index contributed by atoms with van der Waals surface area (Å²) in [6.45, 7) is 2.84. The number of anilines is 1. The lowest BCUT2D eigenvalue weighted by Crippen LogP contribution is -2.22. The van der Waals surface area contributed by atoms with Gasteiger partial charge in [-0.05, 0) is 43.3 Å². The Balaban J connectivity index is 2.07. The summed E-state index contributed by atoms with van der Waals surface area (Å²) in [5.74, 6) is 0.550. The van der Waals surface area contributed by atoms with Crippen molar-refractivity contribution in [2.45, 2.75) is 19.5 Å². The van der Waals surface area contributed by atoms with Crippen molar-refractivity contribution in [3.63, 3.8) is 0 Å². The molecule has 0 saturated carbocycles. The Morgan fingerprint density at radius 1 is 1.18 bits per heavy atom. The van der Waals surface area contributed by atoms with Crippen LogP contribution in [0.25, 0.3) is 0 Å². The average molecular weight is 322 g/mol. The number of rotatable bonds is 5. The SMILES string of the molecule is C[C@H](c1ccc(F)c(Cl)c1)N(C)Cc1ccc(N(C)C)nc1. The Kier molecular flexibility index (Phi) is 5.37. The van der Waals surface area contributed by atoms with Crippen molar-refractivity contribution in [3.8, 4) is 0 Å². The lowest BCUT2D eigenvalue weighted by molar-refractivity contribution is 0.252. The minimum absolute atomic E-state index is 0.131. The van der Waals surface area contributed by atoms with Gasteiger partial charge in [0.1, 0.15) is 11.6 Å². The Bertz CT molecular complexity index is 628. The lowest BCUT2D eigenvalue weighted by Gasteiger charge is -2.25. The second-order valence-electron chi connectivity index (χ2n) is 5.68. The van der Waals surface area contributed by atoms with Gasteiger partial charge in [-0.25, -0.2) is 9.37 Å². The van der Waals surface area contributed by atoms with E-state index in [2.05, 4.69) is 22.9 Å². The molecule has 0 aliphatic carbocycles. The monoisotopic (exact) mass is 321 g/mol. The molecule has 2 aromatic rings. The van der Waals surface area contributed by atoms with Crippen molar-refractivity contribution in [3.05, 3.63) is 58.5 Å². The summed E-state index contributed by atoms with van der Waals surface area (Å²) in [5, 5.41) is 0.162. The average Bonchev–Trinajstić information content (AvgIpc) is 2.49. The van der Waals surface area contributed by atoms with E-state index in [1.165, 1.54) is 6.07 Å². The Labute approximate surface area is 136 Å². The molecule has 1 aromatic carbocycles. The summed E-state index contributed by atoms with van der Waals surface area (Å²) in [4.78, 5) is 8.56. The highest BCUT2D eigenvalue weighted by Crippen LogP contribution is 2.25. The topological polar surface area (TPSA) is 19.4 Å². The first-order chi connectivity index (χ1) is 10.4. The molecule has 1 heterocycles. The first kappa shape index (κ1) is 16.7. The predicted octanol–water partition coefficient (Wildman–Crippen LogP) is 4.13. The molecule has 0 aliphatic rings. The number of aromatic nitrogens is 1. The minimum atomic E-state index is -0.385. The maximum absolute atomic E-state index is 13.3. The van der Waals surface area contributed by atoms with E-state index in [1.807, 2.05) is 38.3 Å². The van der Waals surface area contributed by atoms with Gasteiger partial charge in [-0.15, -0.1) is 0 Å². The molecule has 0 spiro atoms. The summed E-state index contributed by atoms with van der Waals surface area (Å²) in [7, 11) is 5.96. The highest BCUT2D eigenvalue weighted by molar-refractivity contribution is 6.30. The van der Waals surface area contributed by atoms with E-state index in [1.54, 1.807) is 12.1 Å². The van der Waals surface area contributed by atoms with Gasteiger partial charge in [-0.3, -0.25) is 4.90 Å². The van der Waals surface area contributed by atoms with Gasteiger partial charge in [0, 0.05) is 32.9 Å². The van der Waals surface area contributed by atoms with E-state index in [9.17, 15) is 4.39 Å². The molecule has 0 unspecified atom stereocenters. The molecule has 2 rings (SSSR count). The van der Waals surface area contributed by atoms with Gasteiger partial charge >= 0.3 is 0 Å². The van der Waals surface area contributed by atoms with Crippen molar-refractivity contribution in [2.24, 2.45) is 0 Å². The van der Waals surface area contributed by atoms with Gasteiger partial charge < -0.3 is 4.90 Å². The first-order valence-corrected chi connectivity index (χ1v) is 7.53. The molecule has 0 bridgehead atoms. The third-order valence-corrected chi connectivity index (χ3v) is 4.08. The molecule has 3 nitrogen and oxygen atoms in total. The maximum atomic E-state index is 13.3. The van der Waals surface area contributed by atoms with Gasteiger partial charge in [-0.2, -0.15) is 0 Å². The summed E-state index contributed by atoms with van der Waals surface area (Å²) in [6.07, 6.45) is 1.89. The maximum Gasteiger partial charge on any atom is 0.141 e. The van der Waals surface area contributed by atoms with Crippen LogP contribution in [0.5, 0.6) is 0 Å². The number of hydrogen-bond acceptors (Lipinski definition) is 3. The molecular formula is C17H21ClFN3. The minimum Gasteiger partial charge on any atom is -0.363 e. The second-order valence-corrected chi connectivity index (χ2v) is 6.09. The quantitative estimate of drug-likeness (QED) is 0.825. The van der Waals surface area contributed by atoms with Crippen LogP contribution < -0.4 is 4.90 Å². The van der Waals surface area contributed by atoms with Gasteiger partial charge in [0.25, 0.3) is 0 Å². The number of nitrogens with zero attached hydrogens (tertiary/aromatic N) is 3. The van der Waals surface area contributed by atoms with Crippen LogP contribution in [0.3, 0.4) is 0 Å². The van der Waals surface area contributed by atoms with Gasteiger partial charge in [0.05, 0.1) is 5.02 Å². The zero-order valence-corrected chi connectivity index (χ0v) is 14.1. The summed E-state index contributed by atoms with van der Waals surface area (Å²) in [6, 6.07) is 9.08. The predicted molar refractivity (Wildman–Crippen MR) is 89.9 cm³/mol. The largest absolute Gasteiger partial charge is 0.363 e. The van der Waals surface area contributed by atoms with Crippen LogP contribution in [0.1, 0.15) is 24.1 Å². The second kappa shape index (κ2) is 7.07. The van der Waals surface area contributed by atoms with Crippen molar-refractivity contribution < 1.29 is 4.39 Å². The van der Waals surface area contributed by atoms with Gasteiger partial charge in [0.15, 0.2) is 0 Å². The molecular weight excluding hydrogens is 301 g/mol. The highest BCUT2D eigenvalue weighted by atomic mass is 35.5. The molecule has 0 saturated heterocycles. The van der Waals surface area contributed by atoms with Gasteiger partial charge in [-0.1, -0.05) is 23.7 Å². The molecule has 118 valence electrons. The van der Waals surface area contributed by atoms with Crippen LogP contribution in [0.2, 0.25) is 5.02 Å². The Morgan fingerprint density at radius 2 is 1.91 bits per heavy atom. The van der Waals surface area contributed by atoms with Gasteiger partial charge in [0.2, 0.25) is 0 Å². The van der Waals surface area contributed by atoms with Crippen LogP contribution in [0.4, 0.5) is 10.2 Å². The number of hydrogen-bond donors (Lipinski definition) is 0. The number of pyridine rings is 1. The van der Waals surface area contributed by atoms with Crippen molar-refractivity contribution >= 4 is 17.4 Å². The van der Waals surface area contributed by atoms with Crippen LogP contribution in [0.15, 0.2) is 36.5 Å². The van der Waals surface area contributed by atoms with Crippen LogP contribution in [-0.4, -0.2) is 31.0 Å². The molecule has 0 amide bonds. The van der Waals surface area contributed by atoms with Crippen LogP contribution >= 0.6 is 11.6 Å². The van der Waals surface area contributed by atoms with E-state index in [0.717, 1.165) is 23.5 Å². The first-order valence-electron chi connectivity index (χ1n) is 7.16. The van der Waals surface area contributed by atoms with E-state index in [0.29, 0.717) is 0 Å². The molecule has 1 atom stereocenters. The molecule has 22 heavy (non-hydrogen) atoms. The smallest absolute Gasteiger partial charge is 0.141 e. The number of benzene rings is 1. The third-order valence-electron chi connectivity index (χ3n) is 3.79. The fourth-order valence-corrected chi connectivity index (χ4v) is 2.42. The Hall–Kier alpha value is -1.65. The van der Waals surface area contributed by atoms with Crippen molar-refractivity contribution in [1.29, 1.82) is 0 Å². The van der Waals surface area contributed by atoms with E-state index in [4.69, 9.17) is 11.6 Å². The molecule has 5 heteroatoms. The zero-order chi connectivity index (χ0) is 16.3. The molecule has 0 radical (unpaired) electrons. The van der Waals surface area contributed by atoms with Crippen LogP contribution in [-0.2, 0) is 6.54 Å². The summed E-state index contributed by atoms with van der Waals surface area (Å²) < 4.78 is 13.3. The Morgan fingerprint density at radius 3 is 2.45 bits per heavy atom. The molecule has 0 fully saturated rings. The van der Waals surface area contributed by atoms with Crippen molar-refractivity contribution in [2.75, 3.05) is 26.0 Å². The van der Waals surface area contributed by atoms with E-state index >= 15 is 0 Å². The summed E-state index contributed by atoms with van der Waals surface area (Å²) in [5.41, 5.74) is 2.12. The fraction of sp³-hybridized carbons (Fsp3) is 0.353. The molecule has 0 N–H and O–H groups in total. The lowest BCUT2D eigenvalue weighted by atomic mass is 10.1. The van der Waals surface area contributed by atoms with E-state index < -0.39 is 0 Å². The normalized spacial score (nSPS) is 12.5. The molecule has 0 aliphatic heterocycles. The standard InChI is InChI=1S/C17H21ClFN3/c1-12(14-6-7-16(19)15(18)9-14)22(4)11-13-5-8-17(20-10-13)21(2)3/h5-10,12H,11H2,1-4H3/t12-/m1/s1. The summed E-state index contributed by atoms with van der Waals surface area (Å²) >= 11 is 5.86. The zero-order valence-electron chi connectivity index (χ0n) is 13.3. The fourth-order valence-electron chi connectivity index (χ4n) is 2.23. The highest BCUT2D eigenvalue weighted by Gasteiger charge is 2.14. The van der Waals surface area contributed by atoms with Crippen LogP contribution in [0, 0.1) is 5.82 Å². The molecule has 1 aromatic heterocycles. The van der Waals surface area contributed by atoms with Crippen molar-refractivity contribution in [1.82, 2.24) is 9.88 Å². The third kappa shape index (κ3) is 3.96. The van der Waals surface area contributed by atoms with E-state index in [-0.39, 0.29) is 16.9 Å².